The number of carbonyl (C=O) groups is 2. The zero-order chi connectivity index (χ0) is 15.7. The number of aliphatic hydroxyl groups is 1. The van der Waals surface area contributed by atoms with Gasteiger partial charge >= 0.3 is 5.97 Å². The fraction of sp³-hybridized carbons (Fsp3) is 0.733. The van der Waals surface area contributed by atoms with Crippen molar-refractivity contribution in [1.29, 1.82) is 0 Å². The van der Waals surface area contributed by atoms with E-state index in [1.807, 2.05) is 13.8 Å². The monoisotopic (exact) mass is 332 g/mol. The van der Waals surface area contributed by atoms with Crippen molar-refractivity contribution in [3.05, 3.63) is 11.1 Å². The van der Waals surface area contributed by atoms with Crippen molar-refractivity contribution < 1.29 is 19.4 Å². The molecule has 0 bridgehead atoms. The molecule has 0 radical (unpaired) electrons. The number of halogens is 2. The number of Topliss-reactive ketones (excluding diaryl/α,β-unsaturated/α-hetero) is 1. The van der Waals surface area contributed by atoms with Gasteiger partial charge in [-0.15, -0.1) is 11.6 Å². The van der Waals surface area contributed by atoms with Crippen molar-refractivity contribution in [2.24, 2.45) is 23.7 Å². The van der Waals surface area contributed by atoms with Gasteiger partial charge in [0.15, 0.2) is 0 Å². The Kier molecular flexibility index (Phi) is 3.26. The number of hydrogen-bond acceptors (Lipinski definition) is 4. The standard InChI is InChI=1S/C15H18Cl2O4/c1-6-4-8-7(2)13(19)21-12(8)15(17)9(6)5-10(16)11(18)14(15,3)20/h5-9,12,20H,4H2,1-3H3/t6-,7-,8-,9?,12-,14+,15-/m0/s1. The molecule has 0 aromatic rings. The van der Waals surface area contributed by atoms with Gasteiger partial charge in [0.2, 0.25) is 5.78 Å². The lowest BCUT2D eigenvalue weighted by atomic mass is 9.56. The molecule has 3 rings (SSSR count). The van der Waals surface area contributed by atoms with Crippen LogP contribution < -0.4 is 0 Å². The van der Waals surface area contributed by atoms with E-state index in [2.05, 4.69) is 0 Å². The summed E-state index contributed by atoms with van der Waals surface area (Å²) in [6, 6.07) is 0. The van der Waals surface area contributed by atoms with Gasteiger partial charge < -0.3 is 9.84 Å². The van der Waals surface area contributed by atoms with Crippen LogP contribution in [0.25, 0.3) is 0 Å². The molecule has 3 aliphatic rings. The van der Waals surface area contributed by atoms with Gasteiger partial charge in [0.1, 0.15) is 16.6 Å². The van der Waals surface area contributed by atoms with Crippen LogP contribution >= 0.6 is 23.2 Å². The molecule has 6 heteroatoms. The highest BCUT2D eigenvalue weighted by Crippen LogP contribution is 2.59. The van der Waals surface area contributed by atoms with Crippen LogP contribution in [0.2, 0.25) is 0 Å². The number of ether oxygens (including phenoxy) is 1. The lowest BCUT2D eigenvalue weighted by Crippen LogP contribution is -2.69. The van der Waals surface area contributed by atoms with Gasteiger partial charge in [-0.25, -0.2) is 0 Å². The molecule has 2 fully saturated rings. The molecule has 0 aromatic heterocycles. The van der Waals surface area contributed by atoms with Gasteiger partial charge in [-0.1, -0.05) is 31.5 Å². The Morgan fingerprint density at radius 2 is 2.00 bits per heavy atom. The van der Waals surface area contributed by atoms with Crippen molar-refractivity contribution in [2.75, 3.05) is 0 Å². The number of fused-ring (bicyclic) bond motifs is 3. The minimum Gasteiger partial charge on any atom is -0.460 e. The third kappa shape index (κ3) is 1.73. The summed E-state index contributed by atoms with van der Waals surface area (Å²) in [7, 11) is 0. The summed E-state index contributed by atoms with van der Waals surface area (Å²) in [5.41, 5.74) is -1.87. The number of allylic oxidation sites excluding steroid dienone is 1. The number of esters is 1. The summed E-state index contributed by atoms with van der Waals surface area (Å²) >= 11 is 12.8. The summed E-state index contributed by atoms with van der Waals surface area (Å²) in [5.74, 6) is -1.53. The molecule has 0 aromatic carbocycles. The molecule has 21 heavy (non-hydrogen) atoms. The van der Waals surface area contributed by atoms with Crippen molar-refractivity contribution in [3.8, 4) is 0 Å². The predicted octanol–water partition coefficient (Wildman–Crippen LogP) is 2.25. The average molecular weight is 333 g/mol. The van der Waals surface area contributed by atoms with Gasteiger partial charge in [0.05, 0.1) is 11.0 Å². The Morgan fingerprint density at radius 3 is 2.62 bits per heavy atom. The largest absolute Gasteiger partial charge is 0.460 e. The highest BCUT2D eigenvalue weighted by Gasteiger charge is 2.70. The van der Waals surface area contributed by atoms with E-state index in [1.54, 1.807) is 6.08 Å². The summed E-state index contributed by atoms with van der Waals surface area (Å²) in [5, 5.41) is 10.8. The third-order valence-corrected chi connectivity index (χ3v) is 6.67. The van der Waals surface area contributed by atoms with Gasteiger partial charge in [-0.3, -0.25) is 9.59 Å². The summed E-state index contributed by atoms with van der Waals surface area (Å²) in [6.07, 6.45) is 1.69. The maximum atomic E-state index is 12.3. The van der Waals surface area contributed by atoms with E-state index in [-0.39, 0.29) is 34.7 Å². The molecule has 4 nitrogen and oxygen atoms in total. The van der Waals surface area contributed by atoms with Gasteiger partial charge in [0, 0.05) is 11.8 Å². The fourth-order valence-corrected chi connectivity index (χ4v) is 5.08. The molecule has 1 saturated carbocycles. The van der Waals surface area contributed by atoms with Gasteiger partial charge in [-0.05, 0) is 19.3 Å². The Labute approximate surface area is 133 Å². The van der Waals surface area contributed by atoms with E-state index in [0.29, 0.717) is 0 Å². The Bertz CT molecular complexity index is 556. The number of carbonyl (C=O) groups excluding carboxylic acids is 2. The molecule has 1 saturated heterocycles. The maximum Gasteiger partial charge on any atom is 0.309 e. The van der Waals surface area contributed by atoms with Gasteiger partial charge in [-0.2, -0.15) is 0 Å². The molecule has 1 unspecified atom stereocenters. The normalized spacial score (nSPS) is 52.9. The van der Waals surface area contributed by atoms with Crippen molar-refractivity contribution in [2.45, 2.75) is 43.8 Å². The minimum absolute atomic E-state index is 0.00365. The zero-order valence-electron chi connectivity index (χ0n) is 12.1. The minimum atomic E-state index is -1.87. The molecule has 0 amide bonds. The fourth-order valence-electron chi connectivity index (χ4n) is 4.19. The Balaban J connectivity index is 2.17. The smallest absolute Gasteiger partial charge is 0.309 e. The highest BCUT2D eigenvalue weighted by atomic mass is 35.5. The molecule has 7 atom stereocenters. The first-order valence-corrected chi connectivity index (χ1v) is 7.91. The lowest BCUT2D eigenvalue weighted by molar-refractivity contribution is -0.160. The van der Waals surface area contributed by atoms with E-state index in [1.165, 1.54) is 6.92 Å². The van der Waals surface area contributed by atoms with Crippen LogP contribution in [0.4, 0.5) is 0 Å². The number of hydrogen-bond donors (Lipinski definition) is 1. The zero-order valence-corrected chi connectivity index (χ0v) is 13.6. The number of ketones is 1. The van der Waals surface area contributed by atoms with Crippen LogP contribution in [0.1, 0.15) is 27.2 Å². The highest BCUT2D eigenvalue weighted by molar-refractivity contribution is 6.45. The second-order valence-electron chi connectivity index (χ2n) is 6.73. The van der Waals surface area contributed by atoms with Crippen LogP contribution in [0.3, 0.4) is 0 Å². The van der Waals surface area contributed by atoms with E-state index in [0.717, 1.165) is 6.42 Å². The van der Waals surface area contributed by atoms with Crippen molar-refractivity contribution >= 4 is 35.0 Å². The quantitative estimate of drug-likeness (QED) is 0.546. The topological polar surface area (TPSA) is 63.6 Å². The molecule has 1 aliphatic heterocycles. The van der Waals surface area contributed by atoms with Gasteiger partial charge in [0.25, 0.3) is 0 Å². The van der Waals surface area contributed by atoms with Crippen molar-refractivity contribution in [3.63, 3.8) is 0 Å². The maximum absolute atomic E-state index is 12.3. The average Bonchev–Trinajstić information content (AvgIpc) is 2.69. The van der Waals surface area contributed by atoms with E-state index in [9.17, 15) is 14.7 Å². The van der Waals surface area contributed by atoms with Crippen LogP contribution in [0.15, 0.2) is 11.1 Å². The third-order valence-electron chi connectivity index (χ3n) is 5.53. The molecule has 0 spiro atoms. The molecule has 1 N–H and O–H groups in total. The summed E-state index contributed by atoms with van der Waals surface area (Å²) in [6.45, 7) is 5.18. The number of rotatable bonds is 0. The summed E-state index contributed by atoms with van der Waals surface area (Å²) < 4.78 is 5.46. The molecular formula is C15H18Cl2O4. The predicted molar refractivity (Wildman–Crippen MR) is 78.0 cm³/mol. The van der Waals surface area contributed by atoms with E-state index < -0.39 is 22.4 Å². The molecular weight excluding hydrogens is 315 g/mol. The molecule has 2 aliphatic carbocycles. The number of alkyl halides is 1. The first-order chi connectivity index (χ1) is 9.62. The SMILES string of the molecule is C[C@@H]1C(=O)O[C@H]2[C@H]1C[C@H](C)C1C=C(Cl)C(=O)[C@@](C)(O)[C@]12Cl. The Hall–Kier alpha value is -0.580. The first kappa shape index (κ1) is 15.3. The summed E-state index contributed by atoms with van der Waals surface area (Å²) in [4.78, 5) is 22.9. The van der Waals surface area contributed by atoms with Crippen LogP contribution in [-0.4, -0.2) is 33.4 Å². The van der Waals surface area contributed by atoms with Crippen LogP contribution in [0, 0.1) is 23.7 Å². The second kappa shape index (κ2) is 4.46. The van der Waals surface area contributed by atoms with Crippen molar-refractivity contribution in [1.82, 2.24) is 0 Å². The van der Waals surface area contributed by atoms with Crippen LogP contribution in [-0.2, 0) is 14.3 Å². The Morgan fingerprint density at radius 1 is 1.38 bits per heavy atom. The van der Waals surface area contributed by atoms with E-state index >= 15 is 0 Å². The first-order valence-electron chi connectivity index (χ1n) is 7.16. The molecule has 1 heterocycles. The van der Waals surface area contributed by atoms with Crippen LogP contribution in [0.5, 0.6) is 0 Å². The second-order valence-corrected chi connectivity index (χ2v) is 7.77. The molecule has 116 valence electrons. The lowest BCUT2D eigenvalue weighted by Gasteiger charge is -2.55. The van der Waals surface area contributed by atoms with E-state index in [4.69, 9.17) is 27.9 Å².